The van der Waals surface area contributed by atoms with E-state index in [2.05, 4.69) is 5.32 Å². The largest absolute Gasteiger partial charge is 0.480 e. The molecular formula is C15H18N4O6. The fraction of sp³-hybridized carbons (Fsp3) is 0.400. The van der Waals surface area contributed by atoms with E-state index in [-0.39, 0.29) is 17.2 Å². The summed E-state index contributed by atoms with van der Waals surface area (Å²) in [5, 5.41) is 22.1. The number of hydrogen-bond donors (Lipinski definition) is 2. The molecule has 2 amide bonds. The number of carboxylic acid groups (broad SMARTS) is 1. The Bertz CT molecular complexity index is 712. The molecule has 10 heteroatoms. The first-order valence-electron chi connectivity index (χ1n) is 7.58. The molecule has 2 rings (SSSR count). The Morgan fingerprint density at radius 2 is 1.88 bits per heavy atom. The van der Waals surface area contributed by atoms with E-state index in [0.717, 1.165) is 6.07 Å². The van der Waals surface area contributed by atoms with Crippen LogP contribution in [0, 0.1) is 10.1 Å². The number of nitro groups is 1. The Morgan fingerprint density at radius 3 is 2.40 bits per heavy atom. The maximum atomic E-state index is 11.9. The van der Waals surface area contributed by atoms with Crippen LogP contribution in [0.3, 0.4) is 0 Å². The van der Waals surface area contributed by atoms with Gasteiger partial charge in [0.25, 0.3) is 11.6 Å². The van der Waals surface area contributed by atoms with Crippen LogP contribution in [0.5, 0.6) is 0 Å². The number of nitrogens with one attached hydrogen (secondary N) is 1. The van der Waals surface area contributed by atoms with Crippen LogP contribution >= 0.6 is 0 Å². The first-order valence-corrected chi connectivity index (χ1v) is 7.58. The van der Waals surface area contributed by atoms with Crippen molar-refractivity contribution in [2.45, 2.75) is 6.92 Å². The zero-order valence-electron chi connectivity index (χ0n) is 13.6. The van der Waals surface area contributed by atoms with E-state index in [1.165, 1.54) is 19.1 Å². The summed E-state index contributed by atoms with van der Waals surface area (Å²) >= 11 is 0. The third-order valence-corrected chi connectivity index (χ3v) is 3.90. The lowest BCUT2D eigenvalue weighted by Gasteiger charge is -2.35. The molecular weight excluding hydrogens is 332 g/mol. The summed E-state index contributed by atoms with van der Waals surface area (Å²) in [4.78, 5) is 48.0. The summed E-state index contributed by atoms with van der Waals surface area (Å²) in [6.45, 7) is 2.74. The van der Waals surface area contributed by atoms with Crippen LogP contribution in [0.1, 0.15) is 17.3 Å². The summed E-state index contributed by atoms with van der Waals surface area (Å²) in [7, 11) is 0. The first kappa shape index (κ1) is 18.2. The first-order chi connectivity index (χ1) is 11.8. The SMILES string of the molecule is CC(=O)N1CCN(c2ccc(C(=O)NCC(=O)O)cc2[N+](=O)[O-])CC1. The van der Waals surface area contributed by atoms with Crippen LogP contribution in [0.15, 0.2) is 18.2 Å². The van der Waals surface area contributed by atoms with Gasteiger partial charge in [-0.3, -0.25) is 24.5 Å². The molecule has 0 spiro atoms. The van der Waals surface area contributed by atoms with E-state index in [1.54, 1.807) is 9.80 Å². The Kier molecular flexibility index (Phi) is 5.52. The second-order valence-electron chi connectivity index (χ2n) is 5.53. The molecule has 1 aliphatic heterocycles. The van der Waals surface area contributed by atoms with E-state index in [9.17, 15) is 24.5 Å². The van der Waals surface area contributed by atoms with Crippen LogP contribution in [-0.4, -0.2) is 65.4 Å². The lowest BCUT2D eigenvalue weighted by atomic mass is 10.1. The molecule has 1 aromatic carbocycles. The van der Waals surface area contributed by atoms with Gasteiger partial charge in [-0.2, -0.15) is 0 Å². The van der Waals surface area contributed by atoms with Gasteiger partial charge >= 0.3 is 5.97 Å². The highest BCUT2D eigenvalue weighted by Crippen LogP contribution is 2.30. The molecule has 25 heavy (non-hydrogen) atoms. The summed E-state index contributed by atoms with van der Waals surface area (Å²) < 4.78 is 0. The lowest BCUT2D eigenvalue weighted by molar-refractivity contribution is -0.384. The average molecular weight is 350 g/mol. The van der Waals surface area contributed by atoms with Crippen molar-refractivity contribution in [1.82, 2.24) is 10.2 Å². The van der Waals surface area contributed by atoms with Gasteiger partial charge in [0.05, 0.1) is 4.92 Å². The van der Waals surface area contributed by atoms with E-state index < -0.39 is 23.3 Å². The molecule has 134 valence electrons. The summed E-state index contributed by atoms with van der Waals surface area (Å²) in [6, 6.07) is 4.01. The van der Waals surface area contributed by atoms with Gasteiger partial charge in [0.1, 0.15) is 12.2 Å². The highest BCUT2D eigenvalue weighted by molar-refractivity contribution is 5.97. The van der Waals surface area contributed by atoms with Crippen molar-refractivity contribution < 1.29 is 24.4 Å². The van der Waals surface area contributed by atoms with Crippen LogP contribution in [0.4, 0.5) is 11.4 Å². The maximum absolute atomic E-state index is 11.9. The number of carbonyl (C=O) groups is 3. The molecule has 1 heterocycles. The molecule has 0 bridgehead atoms. The maximum Gasteiger partial charge on any atom is 0.322 e. The fourth-order valence-electron chi connectivity index (χ4n) is 2.60. The monoisotopic (exact) mass is 350 g/mol. The molecule has 1 aromatic rings. The molecule has 0 unspecified atom stereocenters. The van der Waals surface area contributed by atoms with Crippen molar-refractivity contribution in [2.24, 2.45) is 0 Å². The van der Waals surface area contributed by atoms with Crippen molar-refractivity contribution in [2.75, 3.05) is 37.6 Å². The number of rotatable bonds is 5. The van der Waals surface area contributed by atoms with Crippen molar-refractivity contribution in [3.63, 3.8) is 0 Å². The summed E-state index contributed by atoms with van der Waals surface area (Å²) in [5.74, 6) is -1.94. The summed E-state index contributed by atoms with van der Waals surface area (Å²) in [6.07, 6.45) is 0. The molecule has 1 saturated heterocycles. The summed E-state index contributed by atoms with van der Waals surface area (Å²) in [5.41, 5.74) is 0.140. The van der Waals surface area contributed by atoms with Gasteiger partial charge in [0.15, 0.2) is 0 Å². The fourth-order valence-corrected chi connectivity index (χ4v) is 2.60. The van der Waals surface area contributed by atoms with E-state index in [1.807, 2.05) is 0 Å². The highest BCUT2D eigenvalue weighted by Gasteiger charge is 2.25. The van der Waals surface area contributed by atoms with Crippen LogP contribution in [-0.2, 0) is 9.59 Å². The topological polar surface area (TPSA) is 133 Å². The zero-order valence-corrected chi connectivity index (χ0v) is 13.6. The van der Waals surface area contributed by atoms with Gasteiger partial charge in [-0.15, -0.1) is 0 Å². The number of carboxylic acids is 1. The van der Waals surface area contributed by atoms with Crippen LogP contribution < -0.4 is 10.2 Å². The lowest BCUT2D eigenvalue weighted by Crippen LogP contribution is -2.48. The smallest absolute Gasteiger partial charge is 0.322 e. The molecule has 0 aliphatic carbocycles. The van der Waals surface area contributed by atoms with Gasteiger partial charge in [-0.1, -0.05) is 0 Å². The Hall–Kier alpha value is -3.17. The standard InChI is InChI=1S/C15H18N4O6/c1-10(20)17-4-6-18(7-5-17)12-3-2-11(8-13(12)19(24)25)15(23)16-9-14(21)22/h2-3,8H,4-7,9H2,1H3,(H,16,23)(H,21,22). The van der Waals surface area contributed by atoms with E-state index in [0.29, 0.717) is 31.9 Å². The Balaban J connectivity index is 2.19. The number of nitro benzene ring substituents is 1. The highest BCUT2D eigenvalue weighted by atomic mass is 16.6. The van der Waals surface area contributed by atoms with Gasteiger partial charge < -0.3 is 20.2 Å². The van der Waals surface area contributed by atoms with Crippen molar-refractivity contribution in [3.05, 3.63) is 33.9 Å². The Labute approximate surface area is 143 Å². The minimum atomic E-state index is -1.21. The second kappa shape index (κ2) is 7.60. The molecule has 2 N–H and O–H groups in total. The zero-order chi connectivity index (χ0) is 18.6. The number of amides is 2. The molecule has 0 aromatic heterocycles. The third kappa shape index (κ3) is 4.43. The third-order valence-electron chi connectivity index (χ3n) is 3.90. The van der Waals surface area contributed by atoms with Crippen molar-refractivity contribution in [3.8, 4) is 0 Å². The van der Waals surface area contributed by atoms with E-state index >= 15 is 0 Å². The van der Waals surface area contributed by atoms with Gasteiger partial charge in [-0.05, 0) is 12.1 Å². The van der Waals surface area contributed by atoms with Gasteiger partial charge in [0, 0.05) is 44.7 Å². The second-order valence-corrected chi connectivity index (χ2v) is 5.53. The molecule has 0 saturated carbocycles. The number of hydrogen-bond acceptors (Lipinski definition) is 6. The number of aliphatic carboxylic acids is 1. The molecule has 1 aliphatic rings. The predicted molar refractivity (Wildman–Crippen MR) is 87.5 cm³/mol. The molecule has 0 radical (unpaired) electrons. The van der Waals surface area contributed by atoms with Gasteiger partial charge in [-0.25, -0.2) is 0 Å². The number of carbonyl (C=O) groups excluding carboxylic acids is 2. The van der Waals surface area contributed by atoms with Crippen LogP contribution in [0.25, 0.3) is 0 Å². The van der Waals surface area contributed by atoms with Crippen molar-refractivity contribution in [1.29, 1.82) is 0 Å². The Morgan fingerprint density at radius 1 is 1.24 bits per heavy atom. The predicted octanol–water partition coefficient (Wildman–Crippen LogP) is 0.0777. The number of anilines is 1. The normalized spacial score (nSPS) is 14.1. The molecule has 0 atom stereocenters. The number of nitrogens with zero attached hydrogens (tertiary/aromatic N) is 3. The minimum Gasteiger partial charge on any atom is -0.480 e. The minimum absolute atomic E-state index is 0.0130. The van der Waals surface area contributed by atoms with E-state index in [4.69, 9.17) is 5.11 Å². The molecule has 10 nitrogen and oxygen atoms in total. The van der Waals surface area contributed by atoms with Gasteiger partial charge in [0.2, 0.25) is 5.91 Å². The average Bonchev–Trinajstić information content (AvgIpc) is 2.59. The van der Waals surface area contributed by atoms with Crippen molar-refractivity contribution >= 4 is 29.2 Å². The quantitative estimate of drug-likeness (QED) is 0.567. The number of benzene rings is 1. The number of piperazine rings is 1. The molecule has 1 fully saturated rings. The van der Waals surface area contributed by atoms with Crippen LogP contribution in [0.2, 0.25) is 0 Å².